The third-order valence-electron chi connectivity index (χ3n) is 4.70. The molecule has 140 valence electrons. The Balaban J connectivity index is 1.46. The normalized spacial score (nSPS) is 14.5. The number of nitrogens with one attached hydrogen (secondary N) is 1. The third kappa shape index (κ3) is 3.75. The van der Waals surface area contributed by atoms with Gasteiger partial charge in [-0.3, -0.25) is 14.8 Å². The fraction of sp³-hybridized carbons (Fsp3) is 0.368. The minimum absolute atomic E-state index is 0.112. The van der Waals surface area contributed by atoms with Gasteiger partial charge in [-0.2, -0.15) is 0 Å². The van der Waals surface area contributed by atoms with Gasteiger partial charge in [0.05, 0.1) is 29.9 Å². The van der Waals surface area contributed by atoms with E-state index in [9.17, 15) is 4.79 Å². The number of fused-ring (bicyclic) bond motifs is 1. The highest BCUT2D eigenvalue weighted by atomic mass is 16.5. The molecule has 0 bridgehead atoms. The summed E-state index contributed by atoms with van der Waals surface area (Å²) in [4.78, 5) is 27.6. The molecule has 3 aromatic rings. The monoisotopic (exact) mass is 366 g/mol. The van der Waals surface area contributed by atoms with Gasteiger partial charge in [0.25, 0.3) is 5.91 Å². The fourth-order valence-electron chi connectivity index (χ4n) is 3.24. The van der Waals surface area contributed by atoms with Crippen molar-refractivity contribution >= 4 is 22.9 Å². The lowest BCUT2D eigenvalue weighted by atomic mass is 10.2. The van der Waals surface area contributed by atoms with Crippen LogP contribution in [0.25, 0.3) is 11.0 Å². The maximum absolute atomic E-state index is 12.5. The Morgan fingerprint density at radius 3 is 2.89 bits per heavy atom. The first-order valence-corrected chi connectivity index (χ1v) is 9.04. The Kier molecular flexibility index (Phi) is 4.97. The molecule has 1 aliphatic heterocycles. The molecule has 0 unspecified atom stereocenters. The van der Waals surface area contributed by atoms with Crippen LogP contribution >= 0.6 is 0 Å². The summed E-state index contributed by atoms with van der Waals surface area (Å²) in [6.07, 6.45) is 5.64. The molecule has 1 fully saturated rings. The number of carbonyl (C=O) groups excluding carboxylic acids is 1. The molecule has 0 atom stereocenters. The van der Waals surface area contributed by atoms with Crippen LogP contribution in [0.4, 0.5) is 5.95 Å². The van der Waals surface area contributed by atoms with E-state index in [2.05, 4.69) is 24.8 Å². The Morgan fingerprint density at radius 1 is 1.26 bits per heavy atom. The number of benzene rings is 1. The summed E-state index contributed by atoms with van der Waals surface area (Å²) < 4.78 is 7.48. The number of carbonyl (C=O) groups is 1. The number of rotatable bonds is 5. The van der Waals surface area contributed by atoms with Crippen LogP contribution in [0.2, 0.25) is 0 Å². The van der Waals surface area contributed by atoms with E-state index in [0.29, 0.717) is 31.7 Å². The molecule has 2 aromatic heterocycles. The van der Waals surface area contributed by atoms with Crippen molar-refractivity contribution in [3.63, 3.8) is 0 Å². The van der Waals surface area contributed by atoms with Gasteiger partial charge in [-0.15, -0.1) is 0 Å². The number of hydrogen-bond donors (Lipinski definition) is 1. The number of amides is 1. The number of ether oxygens (including phenoxy) is 1. The molecule has 4 rings (SSSR count). The second kappa shape index (κ2) is 7.71. The molecule has 0 radical (unpaired) electrons. The van der Waals surface area contributed by atoms with E-state index in [1.54, 1.807) is 18.6 Å². The molecule has 27 heavy (non-hydrogen) atoms. The molecule has 0 aliphatic carbocycles. The largest absolute Gasteiger partial charge is 0.378 e. The first-order chi connectivity index (χ1) is 13.2. The summed E-state index contributed by atoms with van der Waals surface area (Å²) in [5, 5.41) is 2.93. The average Bonchev–Trinajstić information content (AvgIpc) is 3.05. The van der Waals surface area contributed by atoms with Crippen LogP contribution in [0.5, 0.6) is 0 Å². The molecular weight excluding hydrogens is 344 g/mol. The molecule has 1 saturated heterocycles. The third-order valence-corrected chi connectivity index (χ3v) is 4.70. The quantitative estimate of drug-likeness (QED) is 0.730. The topological polar surface area (TPSA) is 85.2 Å². The summed E-state index contributed by atoms with van der Waals surface area (Å²) >= 11 is 0. The first-order valence-electron chi connectivity index (χ1n) is 9.04. The van der Waals surface area contributed by atoms with E-state index in [-0.39, 0.29) is 5.91 Å². The number of aryl methyl sites for hydroxylation is 1. The van der Waals surface area contributed by atoms with Crippen LogP contribution in [0.3, 0.4) is 0 Å². The van der Waals surface area contributed by atoms with Crippen LogP contribution in [-0.4, -0.2) is 58.3 Å². The van der Waals surface area contributed by atoms with Crippen molar-refractivity contribution in [3.05, 3.63) is 48.0 Å². The maximum atomic E-state index is 12.5. The van der Waals surface area contributed by atoms with Crippen molar-refractivity contribution in [2.24, 2.45) is 7.05 Å². The van der Waals surface area contributed by atoms with Gasteiger partial charge in [-0.25, -0.2) is 4.98 Å². The second-order valence-electron chi connectivity index (χ2n) is 6.48. The summed E-state index contributed by atoms with van der Waals surface area (Å²) in [7, 11) is 2.00. The van der Waals surface area contributed by atoms with E-state index in [0.717, 1.165) is 35.8 Å². The van der Waals surface area contributed by atoms with Gasteiger partial charge in [0.2, 0.25) is 5.95 Å². The standard InChI is InChI=1S/C19H22N6O2/c1-24-17-3-2-14(18(26)22-5-4-15-13-20-6-7-21-15)12-16(17)23-19(24)25-8-10-27-11-9-25/h2-3,6-7,12-13H,4-5,8-11H2,1H3,(H,22,26). The van der Waals surface area contributed by atoms with Crippen molar-refractivity contribution in [3.8, 4) is 0 Å². The summed E-state index contributed by atoms with van der Waals surface area (Å²) in [5.74, 6) is 0.799. The lowest BCUT2D eigenvalue weighted by molar-refractivity contribution is 0.0954. The average molecular weight is 366 g/mol. The Bertz CT molecular complexity index is 934. The molecule has 8 nitrogen and oxygen atoms in total. The molecule has 0 saturated carbocycles. The Labute approximate surface area is 157 Å². The van der Waals surface area contributed by atoms with E-state index < -0.39 is 0 Å². The van der Waals surface area contributed by atoms with Crippen LogP contribution in [0, 0.1) is 0 Å². The summed E-state index contributed by atoms with van der Waals surface area (Å²) in [6, 6.07) is 5.63. The zero-order valence-corrected chi connectivity index (χ0v) is 15.3. The fourth-order valence-corrected chi connectivity index (χ4v) is 3.24. The van der Waals surface area contributed by atoms with Gasteiger partial charge in [-0.05, 0) is 18.2 Å². The molecule has 1 aliphatic rings. The van der Waals surface area contributed by atoms with Gasteiger partial charge in [0.15, 0.2) is 0 Å². The number of morpholine rings is 1. The molecule has 1 N–H and O–H groups in total. The van der Waals surface area contributed by atoms with E-state index in [1.807, 2.05) is 25.2 Å². The Hall–Kier alpha value is -3.00. The van der Waals surface area contributed by atoms with Crippen molar-refractivity contribution in [1.29, 1.82) is 0 Å². The number of imidazole rings is 1. The number of hydrogen-bond acceptors (Lipinski definition) is 6. The molecule has 8 heteroatoms. The van der Waals surface area contributed by atoms with E-state index in [4.69, 9.17) is 9.72 Å². The van der Waals surface area contributed by atoms with Crippen LogP contribution in [0.15, 0.2) is 36.8 Å². The van der Waals surface area contributed by atoms with Gasteiger partial charge < -0.3 is 19.5 Å². The molecule has 1 aromatic carbocycles. The summed E-state index contributed by atoms with van der Waals surface area (Å²) in [5.41, 5.74) is 3.29. The number of nitrogens with zero attached hydrogens (tertiary/aromatic N) is 5. The van der Waals surface area contributed by atoms with Crippen LogP contribution in [0.1, 0.15) is 16.1 Å². The maximum Gasteiger partial charge on any atom is 0.251 e. The predicted molar refractivity (Wildman–Crippen MR) is 102 cm³/mol. The van der Waals surface area contributed by atoms with Crippen molar-refractivity contribution in [1.82, 2.24) is 24.8 Å². The van der Waals surface area contributed by atoms with Gasteiger partial charge in [0, 0.05) is 57.3 Å². The molecule has 1 amide bonds. The highest BCUT2D eigenvalue weighted by Gasteiger charge is 2.18. The lowest BCUT2D eigenvalue weighted by Crippen LogP contribution is -2.37. The zero-order chi connectivity index (χ0) is 18.6. The van der Waals surface area contributed by atoms with Crippen molar-refractivity contribution in [2.75, 3.05) is 37.7 Å². The van der Waals surface area contributed by atoms with E-state index >= 15 is 0 Å². The predicted octanol–water partition coefficient (Wildman–Crippen LogP) is 1.17. The molecular formula is C19H22N6O2. The minimum atomic E-state index is -0.112. The first kappa shape index (κ1) is 17.4. The van der Waals surface area contributed by atoms with Crippen molar-refractivity contribution in [2.45, 2.75) is 6.42 Å². The molecule has 3 heterocycles. The number of anilines is 1. The van der Waals surface area contributed by atoms with E-state index in [1.165, 1.54) is 0 Å². The van der Waals surface area contributed by atoms with Crippen LogP contribution in [-0.2, 0) is 18.2 Å². The minimum Gasteiger partial charge on any atom is -0.378 e. The highest BCUT2D eigenvalue weighted by molar-refractivity contribution is 5.97. The summed E-state index contributed by atoms with van der Waals surface area (Å²) in [6.45, 7) is 3.59. The molecule has 0 spiro atoms. The zero-order valence-electron chi connectivity index (χ0n) is 15.3. The van der Waals surface area contributed by atoms with Crippen LogP contribution < -0.4 is 10.2 Å². The SMILES string of the molecule is Cn1c(N2CCOCC2)nc2cc(C(=O)NCCc3cnccn3)ccc21. The number of aromatic nitrogens is 4. The lowest BCUT2D eigenvalue weighted by Gasteiger charge is -2.27. The Morgan fingerprint density at radius 2 is 2.11 bits per heavy atom. The second-order valence-corrected chi connectivity index (χ2v) is 6.48. The van der Waals surface area contributed by atoms with Gasteiger partial charge >= 0.3 is 0 Å². The smallest absolute Gasteiger partial charge is 0.251 e. The van der Waals surface area contributed by atoms with Gasteiger partial charge in [-0.1, -0.05) is 0 Å². The van der Waals surface area contributed by atoms with Gasteiger partial charge in [0.1, 0.15) is 0 Å². The highest BCUT2D eigenvalue weighted by Crippen LogP contribution is 2.23. The van der Waals surface area contributed by atoms with Crippen molar-refractivity contribution < 1.29 is 9.53 Å².